The van der Waals surface area contributed by atoms with Gasteiger partial charge < -0.3 is 0 Å². The van der Waals surface area contributed by atoms with Gasteiger partial charge in [0.15, 0.2) is 0 Å². The number of hydrogen-bond donors (Lipinski definition) is 0. The fourth-order valence-electron chi connectivity index (χ4n) is 4.81. The van der Waals surface area contributed by atoms with E-state index in [1.54, 1.807) is 0 Å². The minimum Gasteiger partial charge on any atom is -0.0883 e. The molecule has 0 aromatic carbocycles. The molecule has 138 valence electrons. The molecule has 0 atom stereocenters. The Bertz CT molecular complexity index is 348. The van der Waals surface area contributed by atoms with Gasteiger partial charge in [0, 0.05) is 0 Å². The minimum atomic E-state index is 0.884. The molecule has 0 saturated heterocycles. The molecular formula is C24H42. The van der Waals surface area contributed by atoms with E-state index in [9.17, 15) is 0 Å². The van der Waals surface area contributed by atoms with Crippen LogP contribution in [0.5, 0.6) is 0 Å². The average Bonchev–Trinajstić information content (AvgIpc) is 2.62. The lowest BCUT2D eigenvalue weighted by Crippen LogP contribution is -2.14. The molecule has 2 saturated carbocycles. The second-order valence-corrected chi connectivity index (χ2v) is 8.62. The summed E-state index contributed by atoms with van der Waals surface area (Å²) in [5, 5.41) is 0. The summed E-state index contributed by atoms with van der Waals surface area (Å²) in [7, 11) is 0. The van der Waals surface area contributed by atoms with Crippen LogP contribution in [-0.2, 0) is 0 Å². The van der Waals surface area contributed by atoms with Gasteiger partial charge in [0.25, 0.3) is 0 Å². The van der Waals surface area contributed by atoms with Crippen LogP contribution >= 0.6 is 0 Å². The van der Waals surface area contributed by atoms with Crippen molar-refractivity contribution in [2.75, 3.05) is 0 Å². The normalized spacial score (nSPS) is 31.9. The van der Waals surface area contributed by atoms with E-state index in [4.69, 9.17) is 0 Å². The molecule has 0 heterocycles. The predicted molar refractivity (Wildman–Crippen MR) is 108 cm³/mol. The van der Waals surface area contributed by atoms with E-state index in [2.05, 4.69) is 38.2 Å². The molecular weight excluding hydrogens is 288 g/mol. The van der Waals surface area contributed by atoms with Gasteiger partial charge in [-0.25, -0.2) is 0 Å². The third kappa shape index (κ3) is 7.58. The summed E-state index contributed by atoms with van der Waals surface area (Å²) in [5.74, 6) is 3.90. The van der Waals surface area contributed by atoms with Crippen LogP contribution in [-0.4, -0.2) is 0 Å². The van der Waals surface area contributed by atoms with Crippen LogP contribution in [0.25, 0.3) is 0 Å². The summed E-state index contributed by atoms with van der Waals surface area (Å²) in [5.41, 5.74) is 0. The lowest BCUT2D eigenvalue weighted by Gasteiger charge is -2.28. The van der Waals surface area contributed by atoms with Crippen LogP contribution in [0.4, 0.5) is 0 Å². The smallest absolute Gasteiger partial charge is 0.0233 e. The monoisotopic (exact) mass is 330 g/mol. The highest BCUT2D eigenvalue weighted by Gasteiger charge is 2.20. The van der Waals surface area contributed by atoms with Crippen molar-refractivity contribution in [2.24, 2.45) is 23.7 Å². The summed E-state index contributed by atoms with van der Waals surface area (Å²) in [6.07, 6.45) is 29.8. The molecule has 0 unspecified atom stereocenters. The fraction of sp³-hybridized carbons (Fsp3) is 0.833. The summed E-state index contributed by atoms with van der Waals surface area (Å²) in [6, 6.07) is 0. The van der Waals surface area contributed by atoms with Crippen LogP contribution < -0.4 is 0 Å². The van der Waals surface area contributed by atoms with Gasteiger partial charge in [0.2, 0.25) is 0 Å². The minimum absolute atomic E-state index is 0.884. The first-order valence-electron chi connectivity index (χ1n) is 11.1. The number of unbranched alkanes of at least 4 members (excludes halogenated alkanes) is 1. The molecule has 0 heteroatoms. The Balaban J connectivity index is 1.54. The van der Waals surface area contributed by atoms with Crippen molar-refractivity contribution in [2.45, 2.75) is 104 Å². The number of allylic oxidation sites excluding steroid dienone is 4. The molecule has 0 amide bonds. The maximum Gasteiger partial charge on any atom is -0.0233 e. The van der Waals surface area contributed by atoms with Crippen molar-refractivity contribution < 1.29 is 0 Å². The van der Waals surface area contributed by atoms with Crippen LogP contribution in [0, 0.1) is 23.7 Å². The summed E-state index contributed by atoms with van der Waals surface area (Å²) in [6.45, 7) is 4.61. The standard InChI is InChI=1S/C24H42/c1-3-5-6-10-22-17-19-24(20-18-22)12-8-7-11-23-15-13-21(9-4-2)14-16-23/h6-8,10,21-24H,3-5,9,11-20H2,1-2H3/b8-7-,10-6+. The highest BCUT2D eigenvalue weighted by atomic mass is 14.3. The molecule has 2 rings (SSSR count). The molecule has 0 bridgehead atoms. The van der Waals surface area contributed by atoms with Crippen molar-refractivity contribution in [3.05, 3.63) is 24.3 Å². The molecule has 0 spiro atoms. The third-order valence-corrected chi connectivity index (χ3v) is 6.52. The van der Waals surface area contributed by atoms with Crippen molar-refractivity contribution in [3.63, 3.8) is 0 Å². The highest BCUT2D eigenvalue weighted by molar-refractivity contribution is 4.93. The highest BCUT2D eigenvalue weighted by Crippen LogP contribution is 2.34. The first kappa shape index (κ1) is 19.8. The van der Waals surface area contributed by atoms with Crippen molar-refractivity contribution in [1.29, 1.82) is 0 Å². The van der Waals surface area contributed by atoms with Crippen LogP contribution in [0.1, 0.15) is 104 Å². The number of rotatable bonds is 9. The van der Waals surface area contributed by atoms with Gasteiger partial charge >= 0.3 is 0 Å². The molecule has 0 radical (unpaired) electrons. The summed E-state index contributed by atoms with van der Waals surface area (Å²) < 4.78 is 0. The second kappa shape index (κ2) is 11.9. The average molecular weight is 331 g/mol. The van der Waals surface area contributed by atoms with E-state index in [0.717, 1.165) is 23.7 Å². The second-order valence-electron chi connectivity index (χ2n) is 8.62. The summed E-state index contributed by atoms with van der Waals surface area (Å²) >= 11 is 0. The molecule has 0 aromatic rings. The molecule has 0 aliphatic heterocycles. The Labute approximate surface area is 152 Å². The Morgan fingerprint density at radius 2 is 1.17 bits per heavy atom. The van der Waals surface area contributed by atoms with Crippen LogP contribution in [0.2, 0.25) is 0 Å². The maximum atomic E-state index is 2.53. The molecule has 2 aliphatic rings. The number of hydrogen-bond acceptors (Lipinski definition) is 0. The van der Waals surface area contributed by atoms with Gasteiger partial charge in [-0.1, -0.05) is 70.3 Å². The van der Waals surface area contributed by atoms with E-state index in [1.807, 2.05) is 0 Å². The summed E-state index contributed by atoms with van der Waals surface area (Å²) in [4.78, 5) is 0. The third-order valence-electron chi connectivity index (χ3n) is 6.52. The zero-order valence-corrected chi connectivity index (χ0v) is 16.5. The lowest BCUT2D eigenvalue weighted by atomic mass is 9.78. The van der Waals surface area contributed by atoms with Gasteiger partial charge in [-0.15, -0.1) is 0 Å². The van der Waals surface area contributed by atoms with Crippen molar-refractivity contribution in [1.82, 2.24) is 0 Å². The zero-order valence-electron chi connectivity index (χ0n) is 16.5. The molecule has 24 heavy (non-hydrogen) atoms. The van der Waals surface area contributed by atoms with Crippen molar-refractivity contribution >= 4 is 0 Å². The first-order valence-corrected chi connectivity index (χ1v) is 11.1. The van der Waals surface area contributed by atoms with Crippen LogP contribution in [0.3, 0.4) is 0 Å². The SMILES string of the molecule is CCC/C=C/C1CCC(C/C=C\CC2CCC(CCC)CC2)CC1. The Kier molecular flexibility index (Phi) is 9.85. The topological polar surface area (TPSA) is 0 Å². The molecule has 2 fully saturated rings. The maximum absolute atomic E-state index is 2.53. The lowest BCUT2D eigenvalue weighted by molar-refractivity contribution is 0.263. The zero-order chi connectivity index (χ0) is 17.0. The fourth-order valence-corrected chi connectivity index (χ4v) is 4.81. The van der Waals surface area contributed by atoms with E-state index >= 15 is 0 Å². The van der Waals surface area contributed by atoms with Gasteiger partial charge in [0.1, 0.15) is 0 Å². The van der Waals surface area contributed by atoms with Crippen molar-refractivity contribution in [3.8, 4) is 0 Å². The molecule has 0 N–H and O–H groups in total. The van der Waals surface area contributed by atoms with Crippen LogP contribution in [0.15, 0.2) is 24.3 Å². The Morgan fingerprint density at radius 1 is 0.625 bits per heavy atom. The van der Waals surface area contributed by atoms with E-state index in [-0.39, 0.29) is 0 Å². The molecule has 0 aromatic heterocycles. The van der Waals surface area contributed by atoms with Gasteiger partial charge in [0.05, 0.1) is 0 Å². The Morgan fingerprint density at radius 3 is 1.71 bits per heavy atom. The van der Waals surface area contributed by atoms with E-state index in [0.29, 0.717) is 0 Å². The largest absolute Gasteiger partial charge is 0.0883 e. The van der Waals surface area contributed by atoms with E-state index in [1.165, 1.54) is 89.9 Å². The molecule has 0 nitrogen and oxygen atoms in total. The first-order chi connectivity index (χ1) is 11.8. The molecule has 2 aliphatic carbocycles. The van der Waals surface area contributed by atoms with Gasteiger partial charge in [-0.3, -0.25) is 0 Å². The van der Waals surface area contributed by atoms with Gasteiger partial charge in [-0.05, 0) is 81.5 Å². The van der Waals surface area contributed by atoms with Gasteiger partial charge in [-0.2, -0.15) is 0 Å². The Hall–Kier alpha value is -0.520. The van der Waals surface area contributed by atoms with E-state index < -0.39 is 0 Å². The quantitative estimate of drug-likeness (QED) is 0.375. The predicted octanol–water partition coefficient (Wildman–Crippen LogP) is 8.09.